The molecule has 1 amide bonds. The predicted molar refractivity (Wildman–Crippen MR) is 107 cm³/mol. The molecule has 6 nitrogen and oxygen atoms in total. The van der Waals surface area contributed by atoms with E-state index in [9.17, 15) is 13.2 Å². The maximum Gasteiger partial charge on any atom is 0.246 e. The number of halogens is 1. The van der Waals surface area contributed by atoms with Crippen LogP contribution in [0.4, 0.5) is 11.4 Å². The molecule has 0 radical (unpaired) electrons. The first-order chi connectivity index (χ1) is 12.9. The number of rotatable bonds is 6. The number of hydrogen-bond donors (Lipinski definition) is 1. The second kappa shape index (κ2) is 8.19. The van der Waals surface area contributed by atoms with Crippen LogP contribution < -0.4 is 15.0 Å². The van der Waals surface area contributed by atoms with Crippen LogP contribution in [-0.4, -0.2) is 45.5 Å². The summed E-state index contributed by atoms with van der Waals surface area (Å²) in [5, 5.41) is 3.49. The van der Waals surface area contributed by atoms with Crippen LogP contribution in [0.3, 0.4) is 0 Å². The monoisotopic (exact) mass is 408 g/mol. The summed E-state index contributed by atoms with van der Waals surface area (Å²) < 4.78 is 28.9. The van der Waals surface area contributed by atoms with Crippen molar-refractivity contribution in [2.75, 3.05) is 35.4 Å². The highest BCUT2D eigenvalue weighted by Gasteiger charge is 2.35. The van der Waals surface area contributed by atoms with Crippen molar-refractivity contribution >= 4 is 38.7 Å². The van der Waals surface area contributed by atoms with Crippen molar-refractivity contribution in [2.24, 2.45) is 0 Å². The summed E-state index contributed by atoms with van der Waals surface area (Å²) in [6, 6.07) is 14.0. The van der Waals surface area contributed by atoms with Crippen molar-refractivity contribution in [1.29, 1.82) is 0 Å². The van der Waals surface area contributed by atoms with Gasteiger partial charge in [-0.15, -0.1) is 0 Å². The predicted octanol–water partition coefficient (Wildman–Crippen LogP) is 2.98. The van der Waals surface area contributed by atoms with Gasteiger partial charge in [0.2, 0.25) is 5.91 Å². The highest BCUT2D eigenvalue weighted by Crippen LogP contribution is 2.28. The van der Waals surface area contributed by atoms with Crippen molar-refractivity contribution in [3.8, 4) is 5.75 Å². The molecule has 144 valence electrons. The van der Waals surface area contributed by atoms with E-state index in [4.69, 9.17) is 16.3 Å². The first kappa shape index (κ1) is 19.5. The van der Waals surface area contributed by atoms with Gasteiger partial charge in [0.25, 0.3) is 0 Å². The molecule has 0 unspecified atom stereocenters. The number of carbonyl (C=O) groups excluding carboxylic acids is 1. The largest absolute Gasteiger partial charge is 0.495 e. The van der Waals surface area contributed by atoms with Crippen LogP contribution in [0.15, 0.2) is 48.5 Å². The van der Waals surface area contributed by atoms with Gasteiger partial charge in [0, 0.05) is 11.4 Å². The Bertz CT molecular complexity index is 919. The summed E-state index contributed by atoms with van der Waals surface area (Å²) >= 11 is 6.11. The molecule has 27 heavy (non-hydrogen) atoms. The Balaban J connectivity index is 1.76. The molecule has 2 aromatic rings. The maximum absolute atomic E-state index is 12.9. The molecule has 0 saturated carbocycles. The van der Waals surface area contributed by atoms with Gasteiger partial charge in [-0.2, -0.15) is 0 Å². The third-order valence-corrected chi connectivity index (χ3v) is 6.52. The Morgan fingerprint density at radius 2 is 2.00 bits per heavy atom. The first-order valence-corrected chi connectivity index (χ1v) is 10.7. The van der Waals surface area contributed by atoms with E-state index in [2.05, 4.69) is 5.32 Å². The van der Waals surface area contributed by atoms with Crippen molar-refractivity contribution in [2.45, 2.75) is 12.5 Å². The third-order valence-electron chi connectivity index (χ3n) is 4.47. The first-order valence-electron chi connectivity index (χ1n) is 8.54. The van der Waals surface area contributed by atoms with E-state index in [1.54, 1.807) is 23.1 Å². The van der Waals surface area contributed by atoms with Crippen LogP contribution in [0.1, 0.15) is 6.42 Å². The highest BCUT2D eigenvalue weighted by atomic mass is 35.5. The van der Waals surface area contributed by atoms with Crippen molar-refractivity contribution in [3.63, 3.8) is 0 Å². The molecular formula is C19H21ClN2O4S. The van der Waals surface area contributed by atoms with Crippen LogP contribution in [0.5, 0.6) is 5.75 Å². The quantitative estimate of drug-likeness (QED) is 0.795. The van der Waals surface area contributed by atoms with Crippen LogP contribution in [0, 0.1) is 0 Å². The normalized spacial score (nSPS) is 18.1. The second-order valence-corrected chi connectivity index (χ2v) is 8.99. The SMILES string of the molecule is COc1ccc(NCC(=O)N(c2ccccc2)[C@@H]2CCS(=O)(=O)C2)cc1Cl. The zero-order valence-corrected chi connectivity index (χ0v) is 16.5. The number of carbonyl (C=O) groups is 1. The number of ether oxygens (including phenoxy) is 1. The fourth-order valence-electron chi connectivity index (χ4n) is 3.17. The number of benzene rings is 2. The Hall–Kier alpha value is -2.25. The molecule has 2 aromatic carbocycles. The molecule has 1 atom stereocenters. The fraction of sp³-hybridized carbons (Fsp3) is 0.316. The van der Waals surface area contributed by atoms with Gasteiger partial charge >= 0.3 is 0 Å². The summed E-state index contributed by atoms with van der Waals surface area (Å²) in [4.78, 5) is 14.5. The average molecular weight is 409 g/mol. The molecule has 0 aliphatic carbocycles. The van der Waals surface area contributed by atoms with Crippen LogP contribution in [0.2, 0.25) is 5.02 Å². The van der Waals surface area contributed by atoms with Gasteiger partial charge in [0.05, 0.1) is 36.2 Å². The molecule has 1 saturated heterocycles. The van der Waals surface area contributed by atoms with Gasteiger partial charge in [-0.3, -0.25) is 4.79 Å². The summed E-state index contributed by atoms with van der Waals surface area (Å²) in [5.74, 6) is 0.448. The summed E-state index contributed by atoms with van der Waals surface area (Å²) in [7, 11) is -1.58. The van der Waals surface area contributed by atoms with Gasteiger partial charge in [-0.25, -0.2) is 8.42 Å². The number of hydrogen-bond acceptors (Lipinski definition) is 5. The van der Waals surface area contributed by atoms with E-state index >= 15 is 0 Å². The van der Waals surface area contributed by atoms with E-state index in [0.717, 1.165) is 0 Å². The lowest BCUT2D eigenvalue weighted by Crippen LogP contribution is -2.44. The van der Waals surface area contributed by atoms with E-state index in [1.807, 2.05) is 30.3 Å². The fourth-order valence-corrected chi connectivity index (χ4v) is 5.12. The van der Waals surface area contributed by atoms with Crippen molar-refractivity contribution < 1.29 is 17.9 Å². The second-order valence-electron chi connectivity index (χ2n) is 6.36. The van der Waals surface area contributed by atoms with Crippen LogP contribution in [0.25, 0.3) is 0 Å². The zero-order chi connectivity index (χ0) is 19.4. The molecule has 1 aliphatic rings. The number of sulfone groups is 1. The molecule has 3 rings (SSSR count). The molecule has 8 heteroatoms. The van der Waals surface area contributed by atoms with Gasteiger partial charge in [0.1, 0.15) is 5.75 Å². The van der Waals surface area contributed by atoms with Gasteiger partial charge in [0.15, 0.2) is 9.84 Å². The number of nitrogens with zero attached hydrogens (tertiary/aromatic N) is 1. The van der Waals surface area contributed by atoms with Crippen LogP contribution >= 0.6 is 11.6 Å². The number of nitrogens with one attached hydrogen (secondary N) is 1. The number of para-hydroxylation sites is 1. The number of methoxy groups -OCH3 is 1. The number of anilines is 2. The highest BCUT2D eigenvalue weighted by molar-refractivity contribution is 7.91. The lowest BCUT2D eigenvalue weighted by atomic mass is 10.1. The Labute approximate surface area is 164 Å². The van der Waals surface area contributed by atoms with Crippen molar-refractivity contribution in [1.82, 2.24) is 0 Å². The number of amides is 1. The summed E-state index contributed by atoms with van der Waals surface area (Å²) in [5.41, 5.74) is 1.38. The molecule has 1 aliphatic heterocycles. The van der Waals surface area contributed by atoms with Crippen LogP contribution in [-0.2, 0) is 14.6 Å². The Morgan fingerprint density at radius 3 is 2.59 bits per heavy atom. The minimum atomic E-state index is -3.11. The van der Waals surface area contributed by atoms with Gasteiger partial charge in [-0.1, -0.05) is 29.8 Å². The summed E-state index contributed by atoms with van der Waals surface area (Å²) in [6.45, 7) is 0.0219. The minimum absolute atomic E-state index is 0.0119. The molecule has 1 fully saturated rings. The maximum atomic E-state index is 12.9. The van der Waals surface area contributed by atoms with E-state index in [0.29, 0.717) is 28.6 Å². The Kier molecular flexibility index (Phi) is 5.92. The topological polar surface area (TPSA) is 75.7 Å². The lowest BCUT2D eigenvalue weighted by molar-refractivity contribution is -0.117. The molecule has 1 heterocycles. The lowest BCUT2D eigenvalue weighted by Gasteiger charge is -2.28. The van der Waals surface area contributed by atoms with E-state index in [-0.39, 0.29) is 30.0 Å². The van der Waals surface area contributed by atoms with Gasteiger partial charge in [-0.05, 0) is 36.8 Å². The summed E-state index contributed by atoms with van der Waals surface area (Å²) in [6.07, 6.45) is 0.442. The molecular weight excluding hydrogens is 388 g/mol. The van der Waals surface area contributed by atoms with Crippen molar-refractivity contribution in [3.05, 3.63) is 53.6 Å². The third kappa shape index (κ3) is 4.73. The molecule has 0 bridgehead atoms. The van der Waals surface area contributed by atoms with E-state index in [1.165, 1.54) is 7.11 Å². The van der Waals surface area contributed by atoms with Gasteiger partial charge < -0.3 is 15.0 Å². The van der Waals surface area contributed by atoms with E-state index < -0.39 is 9.84 Å². The molecule has 0 aromatic heterocycles. The molecule has 0 spiro atoms. The molecule has 1 N–H and O–H groups in total. The smallest absolute Gasteiger partial charge is 0.246 e. The Morgan fingerprint density at radius 1 is 1.26 bits per heavy atom. The average Bonchev–Trinajstić information content (AvgIpc) is 3.00. The standard InChI is InChI=1S/C19H21ClN2O4S/c1-26-18-8-7-14(11-17(18)20)21-12-19(23)22(15-5-3-2-4-6-15)16-9-10-27(24,25)13-16/h2-8,11,16,21H,9-10,12-13H2,1H3/t16-/m1/s1. The zero-order valence-electron chi connectivity index (χ0n) is 14.9. The minimum Gasteiger partial charge on any atom is -0.495 e.